The van der Waals surface area contributed by atoms with Gasteiger partial charge in [0.2, 0.25) is 0 Å². The Labute approximate surface area is 120 Å². The molecule has 5 nitrogen and oxygen atoms in total. The molecule has 114 valence electrons. The molecule has 0 unspecified atom stereocenters. The maximum atomic E-state index is 12.3. The Morgan fingerprint density at radius 2 is 1.80 bits per heavy atom. The number of amides is 2. The Bertz CT molecular complexity index is 383. The van der Waals surface area contributed by atoms with E-state index in [4.69, 9.17) is 5.11 Å². The molecule has 2 aliphatic rings. The molecule has 1 heterocycles. The molecule has 0 aromatic rings. The minimum atomic E-state index is -0.831. The molecule has 2 N–H and O–H groups in total. The summed E-state index contributed by atoms with van der Waals surface area (Å²) in [6.07, 6.45) is 5.81. The summed E-state index contributed by atoms with van der Waals surface area (Å²) in [4.78, 5) is 25.1. The molecule has 0 aromatic carbocycles. The van der Waals surface area contributed by atoms with Crippen molar-refractivity contribution in [1.82, 2.24) is 10.2 Å². The predicted octanol–water partition coefficient (Wildman–Crippen LogP) is 2.61. The number of carboxylic acids is 1. The third kappa shape index (κ3) is 3.25. The summed E-state index contributed by atoms with van der Waals surface area (Å²) in [6.45, 7) is 6.03. The van der Waals surface area contributed by atoms with Crippen molar-refractivity contribution in [3.05, 3.63) is 0 Å². The lowest BCUT2D eigenvalue weighted by Gasteiger charge is -2.44. The van der Waals surface area contributed by atoms with Crippen LogP contribution in [0.3, 0.4) is 0 Å². The number of hydrogen-bond acceptors (Lipinski definition) is 2. The van der Waals surface area contributed by atoms with Crippen LogP contribution in [0.1, 0.15) is 58.8 Å². The molecule has 5 heteroatoms. The topological polar surface area (TPSA) is 69.6 Å². The molecule has 0 spiro atoms. The number of carboxylic acid groups (broad SMARTS) is 1. The highest BCUT2D eigenvalue weighted by Crippen LogP contribution is 2.36. The molecule has 20 heavy (non-hydrogen) atoms. The monoisotopic (exact) mass is 282 g/mol. The summed E-state index contributed by atoms with van der Waals surface area (Å²) in [7, 11) is 0. The van der Waals surface area contributed by atoms with Crippen LogP contribution in [0.2, 0.25) is 0 Å². The lowest BCUT2D eigenvalue weighted by Crippen LogP contribution is -2.59. The number of urea groups is 1. The molecular formula is C15H26N2O3. The smallest absolute Gasteiger partial charge is 0.317 e. The molecule has 2 amide bonds. The first-order valence-electron chi connectivity index (χ1n) is 7.67. The molecule has 0 radical (unpaired) electrons. The molecule has 1 aliphatic carbocycles. The van der Waals surface area contributed by atoms with Crippen LogP contribution in [0.4, 0.5) is 4.79 Å². The summed E-state index contributed by atoms with van der Waals surface area (Å²) in [5.41, 5.74) is -0.138. The van der Waals surface area contributed by atoms with E-state index in [1.165, 1.54) is 0 Å². The second kappa shape index (κ2) is 5.62. The minimum absolute atomic E-state index is 0.0409. The van der Waals surface area contributed by atoms with Gasteiger partial charge in [-0.25, -0.2) is 4.79 Å². The fourth-order valence-electron chi connectivity index (χ4n) is 3.15. The molecule has 1 saturated heterocycles. The third-order valence-corrected chi connectivity index (χ3v) is 5.28. The van der Waals surface area contributed by atoms with Gasteiger partial charge in [-0.1, -0.05) is 20.3 Å². The largest absolute Gasteiger partial charge is 0.481 e. The minimum Gasteiger partial charge on any atom is -0.481 e. The lowest BCUT2D eigenvalue weighted by molar-refractivity contribution is -0.139. The molecule has 0 atom stereocenters. The highest BCUT2D eigenvalue weighted by Gasteiger charge is 2.42. The number of aliphatic carboxylic acids is 1. The van der Waals surface area contributed by atoms with E-state index in [1.54, 1.807) is 0 Å². The lowest BCUT2D eigenvalue weighted by atomic mass is 9.74. The van der Waals surface area contributed by atoms with E-state index >= 15 is 0 Å². The Hall–Kier alpha value is -1.26. The summed E-state index contributed by atoms with van der Waals surface area (Å²) in [5, 5.41) is 12.0. The van der Waals surface area contributed by atoms with Crippen molar-refractivity contribution in [1.29, 1.82) is 0 Å². The summed E-state index contributed by atoms with van der Waals surface area (Å²) < 4.78 is 0. The van der Waals surface area contributed by atoms with Gasteiger partial charge >= 0.3 is 12.0 Å². The average molecular weight is 282 g/mol. The van der Waals surface area contributed by atoms with Crippen LogP contribution in [-0.4, -0.2) is 40.6 Å². The van der Waals surface area contributed by atoms with Gasteiger partial charge in [0.25, 0.3) is 0 Å². The zero-order valence-electron chi connectivity index (χ0n) is 12.6. The van der Waals surface area contributed by atoms with Crippen molar-refractivity contribution in [2.75, 3.05) is 13.1 Å². The predicted molar refractivity (Wildman–Crippen MR) is 76.6 cm³/mol. The molecule has 0 bridgehead atoms. The van der Waals surface area contributed by atoms with Crippen LogP contribution in [-0.2, 0) is 4.79 Å². The molecular weight excluding hydrogens is 256 g/mol. The van der Waals surface area contributed by atoms with Gasteiger partial charge in [-0.15, -0.1) is 0 Å². The van der Waals surface area contributed by atoms with E-state index in [2.05, 4.69) is 19.2 Å². The number of carbonyl (C=O) groups excluding carboxylic acids is 1. The maximum absolute atomic E-state index is 12.3. The Balaban J connectivity index is 1.88. The van der Waals surface area contributed by atoms with Gasteiger partial charge in [0, 0.05) is 13.1 Å². The molecule has 2 fully saturated rings. The van der Waals surface area contributed by atoms with E-state index in [-0.39, 0.29) is 12.5 Å². The first-order valence-corrected chi connectivity index (χ1v) is 7.67. The Morgan fingerprint density at radius 3 is 2.20 bits per heavy atom. The van der Waals surface area contributed by atoms with Crippen molar-refractivity contribution < 1.29 is 14.7 Å². The van der Waals surface area contributed by atoms with Gasteiger partial charge in [-0.05, 0) is 37.5 Å². The first-order chi connectivity index (χ1) is 9.38. The SMILES string of the molecule is CCC1(C)CCN(C(=O)NC2(CC(=O)O)CCC2)CC1. The summed E-state index contributed by atoms with van der Waals surface area (Å²) in [5.74, 6) is -0.831. The number of hydrogen-bond donors (Lipinski definition) is 2. The molecule has 1 saturated carbocycles. The van der Waals surface area contributed by atoms with E-state index in [0.717, 1.165) is 51.6 Å². The number of nitrogens with one attached hydrogen (secondary N) is 1. The van der Waals surface area contributed by atoms with Crippen LogP contribution in [0.15, 0.2) is 0 Å². The van der Waals surface area contributed by atoms with E-state index < -0.39 is 11.5 Å². The van der Waals surface area contributed by atoms with E-state index in [9.17, 15) is 9.59 Å². The highest BCUT2D eigenvalue weighted by atomic mass is 16.4. The molecule has 0 aromatic heterocycles. The van der Waals surface area contributed by atoms with Crippen molar-refractivity contribution in [2.24, 2.45) is 5.41 Å². The van der Waals surface area contributed by atoms with Gasteiger partial charge in [-0.2, -0.15) is 0 Å². The number of piperidine rings is 1. The van der Waals surface area contributed by atoms with Crippen LogP contribution in [0, 0.1) is 5.41 Å². The summed E-state index contributed by atoms with van der Waals surface area (Å²) >= 11 is 0. The van der Waals surface area contributed by atoms with Gasteiger partial charge < -0.3 is 15.3 Å². The quantitative estimate of drug-likeness (QED) is 0.832. The Kier molecular flexibility index (Phi) is 4.25. The van der Waals surface area contributed by atoms with Crippen LogP contribution < -0.4 is 5.32 Å². The fraction of sp³-hybridized carbons (Fsp3) is 0.867. The molecule has 2 rings (SSSR count). The van der Waals surface area contributed by atoms with Crippen LogP contribution in [0.25, 0.3) is 0 Å². The van der Waals surface area contributed by atoms with Crippen molar-refractivity contribution in [3.8, 4) is 0 Å². The third-order valence-electron chi connectivity index (χ3n) is 5.28. The fourth-order valence-corrected chi connectivity index (χ4v) is 3.15. The van der Waals surface area contributed by atoms with Crippen molar-refractivity contribution in [3.63, 3.8) is 0 Å². The number of rotatable bonds is 4. The van der Waals surface area contributed by atoms with Gasteiger partial charge in [0.15, 0.2) is 0 Å². The van der Waals surface area contributed by atoms with Crippen LogP contribution in [0.5, 0.6) is 0 Å². The maximum Gasteiger partial charge on any atom is 0.317 e. The second-order valence-electron chi connectivity index (χ2n) is 6.79. The van der Waals surface area contributed by atoms with Crippen molar-refractivity contribution >= 4 is 12.0 Å². The standard InChI is InChI=1S/C15H26N2O3/c1-3-14(2)7-9-17(10-8-14)13(20)16-15(5-4-6-15)11-12(18)19/h3-11H2,1-2H3,(H,16,20)(H,18,19). The molecule has 1 aliphatic heterocycles. The van der Waals surface area contributed by atoms with Gasteiger partial charge in [-0.3, -0.25) is 4.79 Å². The number of likely N-dealkylation sites (tertiary alicyclic amines) is 1. The zero-order chi connectivity index (χ0) is 14.8. The average Bonchev–Trinajstić information content (AvgIpc) is 2.36. The number of nitrogens with zero attached hydrogens (tertiary/aromatic N) is 1. The van der Waals surface area contributed by atoms with Crippen LogP contribution >= 0.6 is 0 Å². The first kappa shape index (κ1) is 15.1. The van der Waals surface area contributed by atoms with E-state index in [0.29, 0.717) is 5.41 Å². The highest BCUT2D eigenvalue weighted by molar-refractivity contribution is 5.77. The normalized spacial score (nSPS) is 23.8. The Morgan fingerprint density at radius 1 is 1.20 bits per heavy atom. The second-order valence-corrected chi connectivity index (χ2v) is 6.79. The zero-order valence-corrected chi connectivity index (χ0v) is 12.6. The van der Waals surface area contributed by atoms with Crippen molar-refractivity contribution in [2.45, 2.75) is 64.3 Å². The summed E-state index contributed by atoms with van der Waals surface area (Å²) in [6, 6.07) is -0.0795. The van der Waals surface area contributed by atoms with E-state index in [1.807, 2.05) is 4.90 Å². The van der Waals surface area contributed by atoms with Gasteiger partial charge in [0.1, 0.15) is 0 Å². The van der Waals surface area contributed by atoms with Gasteiger partial charge in [0.05, 0.1) is 12.0 Å². The number of carbonyl (C=O) groups is 2.